The monoisotopic (exact) mass is 404 g/mol. The zero-order valence-corrected chi connectivity index (χ0v) is 10.4. The van der Waals surface area contributed by atoms with E-state index in [0.717, 1.165) is 22.6 Å². The second kappa shape index (κ2) is 5.21. The molecule has 0 amide bonds. The molecule has 110 valence electrons. The highest BCUT2D eigenvalue weighted by molar-refractivity contribution is 14.1. The molecular weight excluding hydrogens is 398 g/mol. The van der Waals surface area contributed by atoms with Gasteiger partial charge in [0.1, 0.15) is 0 Å². The molecule has 0 unspecified atom stereocenters. The third-order valence-corrected chi connectivity index (χ3v) is 2.84. The minimum absolute atomic E-state index is 0.948. The molecule has 0 bridgehead atoms. The first kappa shape index (κ1) is 18.1. The van der Waals surface area contributed by atoms with Gasteiger partial charge in [0.25, 0.3) is 5.67 Å². The Kier molecular flexibility index (Phi) is 5.23. The summed E-state index contributed by atoms with van der Waals surface area (Å²) in [7, 11) is 0. The fourth-order valence-electron chi connectivity index (χ4n) is 1.02. The summed E-state index contributed by atoms with van der Waals surface area (Å²) in [5.74, 6) is -6.60. The third-order valence-electron chi connectivity index (χ3n) is 2.00. The molecule has 0 saturated carbocycles. The Morgan fingerprint density at radius 2 is 1.22 bits per heavy atom. The van der Waals surface area contributed by atoms with Gasteiger partial charge >= 0.3 is 18.3 Å². The largest absolute Gasteiger partial charge is 0.457 e. The molecule has 0 aliphatic rings. The summed E-state index contributed by atoms with van der Waals surface area (Å²) in [6.07, 6.45) is -15.3. The van der Waals surface area contributed by atoms with Crippen molar-refractivity contribution < 1.29 is 44.6 Å². The van der Waals surface area contributed by atoms with E-state index in [0.29, 0.717) is 0 Å². The van der Waals surface area contributed by atoms with Crippen LogP contribution < -0.4 is 0 Å². The first-order chi connectivity index (χ1) is 7.70. The Morgan fingerprint density at radius 1 is 0.833 bits per heavy atom. The van der Waals surface area contributed by atoms with E-state index in [2.05, 4.69) is 0 Å². The van der Waals surface area contributed by atoms with Gasteiger partial charge in [0.2, 0.25) is 0 Å². The molecule has 0 rings (SSSR count). The van der Waals surface area contributed by atoms with Crippen molar-refractivity contribution in [2.24, 2.45) is 0 Å². The van der Waals surface area contributed by atoms with E-state index in [4.69, 9.17) is 5.11 Å². The van der Waals surface area contributed by atoms with Crippen LogP contribution in [0.2, 0.25) is 0 Å². The van der Waals surface area contributed by atoms with Gasteiger partial charge in [-0.1, -0.05) is 22.6 Å². The Balaban J connectivity index is 5.64. The van der Waals surface area contributed by atoms with E-state index >= 15 is 0 Å². The maximum Gasteiger partial charge on any atom is 0.457 e. The average molecular weight is 404 g/mol. The summed E-state index contributed by atoms with van der Waals surface area (Å²) < 4.78 is 109. The zero-order chi connectivity index (χ0) is 15.0. The minimum atomic E-state index is -6.69. The Morgan fingerprint density at radius 3 is 1.44 bits per heavy atom. The Hall–Kier alpha value is 0.0600. The number of hydrogen-bond acceptors (Lipinski definition) is 1. The fourth-order valence-corrected chi connectivity index (χ4v) is 1.62. The lowest BCUT2D eigenvalue weighted by molar-refractivity contribution is -0.384. The van der Waals surface area contributed by atoms with Crippen molar-refractivity contribution in [3.8, 4) is 0 Å². The van der Waals surface area contributed by atoms with E-state index in [9.17, 15) is 39.5 Å². The molecule has 11 heteroatoms. The molecule has 18 heavy (non-hydrogen) atoms. The van der Waals surface area contributed by atoms with Crippen LogP contribution in [0, 0.1) is 0 Å². The number of rotatable bonds is 4. The summed E-state index contributed by atoms with van der Waals surface area (Å²) in [5, 5.41) is 8.36. The second-order valence-corrected chi connectivity index (χ2v) is 5.12. The maximum atomic E-state index is 13.3. The van der Waals surface area contributed by atoms with Gasteiger partial charge in [-0.25, -0.2) is 4.39 Å². The molecule has 0 fully saturated rings. The lowest BCUT2D eigenvalue weighted by Gasteiger charge is -2.36. The quantitative estimate of drug-likeness (QED) is 0.431. The maximum absolute atomic E-state index is 13.3. The fraction of sp³-hybridized carbons (Fsp3) is 1.00. The molecule has 0 heterocycles. The van der Waals surface area contributed by atoms with Gasteiger partial charge in [-0.3, -0.25) is 0 Å². The Labute approximate surface area is 108 Å². The molecular formula is C7H6F9IO. The number of aliphatic hydroxyl groups is 1. The predicted molar refractivity (Wildman–Crippen MR) is 50.4 cm³/mol. The molecule has 0 saturated heterocycles. The molecule has 1 nitrogen and oxygen atoms in total. The van der Waals surface area contributed by atoms with Crippen LogP contribution in [0.5, 0.6) is 0 Å². The highest BCUT2D eigenvalue weighted by Gasteiger charge is 2.80. The van der Waals surface area contributed by atoms with Gasteiger partial charge in [0, 0.05) is 10.3 Å². The molecule has 0 aliphatic heterocycles. The van der Waals surface area contributed by atoms with Crippen molar-refractivity contribution >= 4 is 22.6 Å². The lowest BCUT2D eigenvalue weighted by atomic mass is 9.91. The summed E-state index contributed by atoms with van der Waals surface area (Å²) >= 11 is 0.948. The first-order valence-corrected chi connectivity index (χ1v) is 5.40. The summed E-state index contributed by atoms with van der Waals surface area (Å²) in [4.78, 5) is 0. The van der Waals surface area contributed by atoms with E-state index in [1.807, 2.05) is 0 Å². The molecule has 0 aliphatic carbocycles. The van der Waals surface area contributed by atoms with Gasteiger partial charge < -0.3 is 5.11 Å². The second-order valence-electron chi connectivity index (χ2n) is 3.36. The number of halogens is 10. The van der Waals surface area contributed by atoms with Crippen LogP contribution >= 0.6 is 22.6 Å². The molecule has 0 aromatic carbocycles. The molecule has 0 spiro atoms. The topological polar surface area (TPSA) is 20.2 Å². The van der Waals surface area contributed by atoms with Crippen molar-refractivity contribution in [1.82, 2.24) is 0 Å². The van der Waals surface area contributed by atoms with Crippen LogP contribution in [-0.4, -0.2) is 39.6 Å². The van der Waals surface area contributed by atoms with Crippen molar-refractivity contribution in [2.45, 2.75) is 34.3 Å². The predicted octanol–water partition coefficient (Wildman–Crippen LogP) is 3.64. The molecule has 0 aromatic rings. The number of alkyl halides is 10. The normalized spacial score (nSPS) is 19.5. The van der Waals surface area contributed by atoms with E-state index in [-0.39, 0.29) is 0 Å². The van der Waals surface area contributed by atoms with Crippen molar-refractivity contribution in [3.05, 3.63) is 0 Å². The molecule has 2 atom stereocenters. The van der Waals surface area contributed by atoms with E-state index < -0.39 is 40.9 Å². The smallest absolute Gasteiger partial charge is 0.395 e. The van der Waals surface area contributed by atoms with Gasteiger partial charge in [-0.2, -0.15) is 35.1 Å². The van der Waals surface area contributed by atoms with Gasteiger partial charge in [-0.05, 0) is 0 Å². The summed E-state index contributed by atoms with van der Waals surface area (Å²) in [5.41, 5.74) is -5.78. The first-order valence-electron chi connectivity index (χ1n) is 4.16. The van der Waals surface area contributed by atoms with Crippen LogP contribution in [0.1, 0.15) is 6.42 Å². The number of hydrogen-bond donors (Lipinski definition) is 1. The zero-order valence-electron chi connectivity index (χ0n) is 8.22. The van der Waals surface area contributed by atoms with Crippen molar-refractivity contribution in [2.75, 3.05) is 6.61 Å². The van der Waals surface area contributed by atoms with Crippen LogP contribution in [0.25, 0.3) is 0 Å². The van der Waals surface area contributed by atoms with Gasteiger partial charge in [0.05, 0.1) is 6.61 Å². The lowest BCUT2D eigenvalue weighted by Crippen LogP contribution is -2.63. The van der Waals surface area contributed by atoms with Gasteiger partial charge in [-0.15, -0.1) is 0 Å². The van der Waals surface area contributed by atoms with E-state index in [1.54, 1.807) is 0 Å². The average Bonchev–Trinajstić information content (AvgIpc) is 2.13. The SMILES string of the molecule is OC[C@@H](I)C[C@](F)(C(F)(F)F)C(F)(F)C(F)(F)F. The minimum Gasteiger partial charge on any atom is -0.395 e. The van der Waals surface area contributed by atoms with Crippen LogP contribution in [0.15, 0.2) is 0 Å². The van der Waals surface area contributed by atoms with Crippen LogP contribution in [0.3, 0.4) is 0 Å². The number of aliphatic hydroxyl groups excluding tert-OH is 1. The molecule has 1 N–H and O–H groups in total. The summed E-state index contributed by atoms with van der Waals surface area (Å²) in [6, 6.07) is 0. The highest BCUT2D eigenvalue weighted by atomic mass is 127. The summed E-state index contributed by atoms with van der Waals surface area (Å²) in [6.45, 7) is -1.17. The van der Waals surface area contributed by atoms with Gasteiger partial charge in [0.15, 0.2) is 0 Å². The van der Waals surface area contributed by atoms with Crippen molar-refractivity contribution in [1.29, 1.82) is 0 Å². The molecule has 0 aromatic heterocycles. The Bertz CT molecular complexity index is 286. The highest BCUT2D eigenvalue weighted by Crippen LogP contribution is 2.55. The standard InChI is InChI=1S/C7H6F9IO/c8-4(6(11,12)13,1-3(17)2-18)5(9,10)7(14,15)16/h3,18H,1-2H2/t3-,4+/m0/s1. The van der Waals surface area contributed by atoms with Crippen molar-refractivity contribution in [3.63, 3.8) is 0 Å². The van der Waals surface area contributed by atoms with Crippen LogP contribution in [0.4, 0.5) is 39.5 Å². The third kappa shape index (κ3) is 3.14. The van der Waals surface area contributed by atoms with Crippen LogP contribution in [-0.2, 0) is 0 Å². The van der Waals surface area contributed by atoms with E-state index in [1.165, 1.54) is 0 Å². The molecule has 0 radical (unpaired) electrons.